The first kappa shape index (κ1) is 22.6. The van der Waals surface area contributed by atoms with Gasteiger partial charge < -0.3 is 10.6 Å². The van der Waals surface area contributed by atoms with Gasteiger partial charge in [-0.05, 0) is 45.0 Å². The zero-order valence-electron chi connectivity index (χ0n) is 18.0. The monoisotopic (exact) mass is 437 g/mol. The first-order chi connectivity index (χ1) is 14.8. The molecule has 0 saturated carbocycles. The van der Waals surface area contributed by atoms with E-state index in [1.54, 1.807) is 12.1 Å². The van der Waals surface area contributed by atoms with E-state index in [1.807, 2.05) is 73.9 Å². The molecule has 0 bridgehead atoms. The molecule has 0 aliphatic carbocycles. The van der Waals surface area contributed by atoms with E-state index in [2.05, 4.69) is 20.8 Å². The number of nitrogens with zero attached hydrogens (tertiary/aromatic N) is 3. The zero-order chi connectivity index (χ0) is 22.3. The second-order valence-electron chi connectivity index (χ2n) is 8.03. The average molecular weight is 438 g/mol. The number of amides is 2. The molecule has 0 fully saturated rings. The van der Waals surface area contributed by atoms with Gasteiger partial charge in [-0.2, -0.15) is 0 Å². The highest BCUT2D eigenvalue weighted by molar-refractivity contribution is 7.99. The molecule has 0 aliphatic heterocycles. The van der Waals surface area contributed by atoms with E-state index in [0.29, 0.717) is 23.7 Å². The van der Waals surface area contributed by atoms with Crippen molar-refractivity contribution in [2.45, 2.75) is 37.9 Å². The van der Waals surface area contributed by atoms with Crippen molar-refractivity contribution in [3.63, 3.8) is 0 Å². The molecule has 162 valence electrons. The molecule has 8 heteroatoms. The van der Waals surface area contributed by atoms with Crippen molar-refractivity contribution in [2.24, 2.45) is 0 Å². The van der Waals surface area contributed by atoms with Gasteiger partial charge in [-0.1, -0.05) is 48.2 Å². The molecule has 2 N–H and O–H groups in total. The van der Waals surface area contributed by atoms with E-state index in [9.17, 15) is 9.59 Å². The fraction of sp³-hybridized carbons (Fsp3) is 0.304. The molecule has 2 aromatic carbocycles. The van der Waals surface area contributed by atoms with Crippen LogP contribution in [0.1, 0.15) is 37.0 Å². The van der Waals surface area contributed by atoms with Crippen LogP contribution >= 0.6 is 11.8 Å². The van der Waals surface area contributed by atoms with E-state index in [1.165, 1.54) is 11.8 Å². The smallest absolute Gasteiger partial charge is 0.251 e. The van der Waals surface area contributed by atoms with Crippen molar-refractivity contribution in [2.75, 3.05) is 12.3 Å². The standard InChI is InChI=1S/C23H27N5O2S/c1-23(2,3)25-20(29)16-31-22-27-26-19(28(22)18-12-8-5-9-13-18)14-15-24-21(30)17-10-6-4-7-11-17/h4-13H,14-16H2,1-3H3,(H,24,30)(H,25,29). The Labute approximate surface area is 186 Å². The number of carbonyl (C=O) groups is 2. The van der Waals surface area contributed by atoms with Gasteiger partial charge in [-0.15, -0.1) is 10.2 Å². The van der Waals surface area contributed by atoms with Crippen LogP contribution in [0.2, 0.25) is 0 Å². The third-order valence-electron chi connectivity index (χ3n) is 4.23. The highest BCUT2D eigenvalue weighted by atomic mass is 32.2. The van der Waals surface area contributed by atoms with E-state index in [4.69, 9.17) is 0 Å². The van der Waals surface area contributed by atoms with Crippen molar-refractivity contribution >= 4 is 23.6 Å². The summed E-state index contributed by atoms with van der Waals surface area (Å²) in [6.07, 6.45) is 0.509. The Balaban J connectivity index is 1.70. The number of rotatable bonds is 8. The Bertz CT molecular complexity index is 1010. The lowest BCUT2D eigenvalue weighted by Crippen LogP contribution is -2.41. The maximum absolute atomic E-state index is 12.3. The van der Waals surface area contributed by atoms with Gasteiger partial charge in [0, 0.05) is 29.8 Å². The Hall–Kier alpha value is -3.13. The number of benzene rings is 2. The van der Waals surface area contributed by atoms with Crippen molar-refractivity contribution in [3.8, 4) is 5.69 Å². The molecule has 3 aromatic rings. The normalized spacial score (nSPS) is 11.2. The summed E-state index contributed by atoms with van der Waals surface area (Å²) in [5.74, 6) is 0.780. The summed E-state index contributed by atoms with van der Waals surface area (Å²) in [4.78, 5) is 24.5. The molecule has 0 spiro atoms. The molecule has 0 saturated heterocycles. The quantitative estimate of drug-likeness (QED) is 0.528. The van der Waals surface area contributed by atoms with Crippen LogP contribution in [0.15, 0.2) is 65.8 Å². The van der Waals surface area contributed by atoms with Gasteiger partial charge in [0.15, 0.2) is 5.16 Å². The van der Waals surface area contributed by atoms with Crippen LogP contribution in [-0.2, 0) is 11.2 Å². The lowest BCUT2D eigenvalue weighted by Gasteiger charge is -2.20. The van der Waals surface area contributed by atoms with E-state index in [-0.39, 0.29) is 23.1 Å². The molecule has 1 aromatic heterocycles. The minimum absolute atomic E-state index is 0.0585. The highest BCUT2D eigenvalue weighted by Crippen LogP contribution is 2.22. The van der Waals surface area contributed by atoms with Crippen molar-refractivity contribution in [1.29, 1.82) is 0 Å². The van der Waals surface area contributed by atoms with Gasteiger partial charge in [0.05, 0.1) is 5.75 Å². The highest BCUT2D eigenvalue weighted by Gasteiger charge is 2.18. The summed E-state index contributed by atoms with van der Waals surface area (Å²) in [5, 5.41) is 15.1. The Kier molecular flexibility index (Phi) is 7.46. The molecule has 1 heterocycles. The van der Waals surface area contributed by atoms with E-state index in [0.717, 1.165) is 11.5 Å². The molecule has 0 radical (unpaired) electrons. The van der Waals surface area contributed by atoms with Crippen molar-refractivity contribution in [3.05, 3.63) is 72.1 Å². The van der Waals surface area contributed by atoms with Gasteiger partial charge in [0.2, 0.25) is 5.91 Å². The molecular formula is C23H27N5O2S. The van der Waals surface area contributed by atoms with Gasteiger partial charge in [0.25, 0.3) is 5.91 Å². The van der Waals surface area contributed by atoms with E-state index >= 15 is 0 Å². The SMILES string of the molecule is CC(C)(C)NC(=O)CSc1nnc(CCNC(=O)c2ccccc2)n1-c1ccccc1. The summed E-state index contributed by atoms with van der Waals surface area (Å²) in [7, 11) is 0. The van der Waals surface area contributed by atoms with Crippen LogP contribution in [0.25, 0.3) is 5.69 Å². The number of hydrogen-bond acceptors (Lipinski definition) is 5. The number of carbonyl (C=O) groups excluding carboxylic acids is 2. The lowest BCUT2D eigenvalue weighted by atomic mass is 10.1. The fourth-order valence-corrected chi connectivity index (χ4v) is 3.73. The van der Waals surface area contributed by atoms with Crippen molar-refractivity contribution in [1.82, 2.24) is 25.4 Å². The summed E-state index contributed by atoms with van der Waals surface area (Å²) in [6, 6.07) is 18.9. The maximum Gasteiger partial charge on any atom is 0.251 e. The minimum Gasteiger partial charge on any atom is -0.352 e. The Morgan fingerprint density at radius 3 is 2.26 bits per heavy atom. The lowest BCUT2D eigenvalue weighted by molar-refractivity contribution is -0.119. The summed E-state index contributed by atoms with van der Waals surface area (Å²) in [6.45, 7) is 6.27. The molecule has 0 aliphatic rings. The second-order valence-corrected chi connectivity index (χ2v) is 8.97. The topological polar surface area (TPSA) is 88.9 Å². The third kappa shape index (κ3) is 6.68. The van der Waals surface area contributed by atoms with Crippen LogP contribution in [-0.4, -0.2) is 44.4 Å². The predicted molar refractivity (Wildman–Crippen MR) is 122 cm³/mol. The fourth-order valence-electron chi connectivity index (χ4n) is 2.96. The van der Waals surface area contributed by atoms with Crippen LogP contribution in [0.3, 0.4) is 0 Å². The summed E-state index contributed by atoms with van der Waals surface area (Å²) < 4.78 is 1.93. The molecular weight excluding hydrogens is 410 g/mol. The molecule has 2 amide bonds. The maximum atomic E-state index is 12.3. The van der Waals surface area contributed by atoms with Gasteiger partial charge >= 0.3 is 0 Å². The van der Waals surface area contributed by atoms with Crippen molar-refractivity contribution < 1.29 is 9.59 Å². The number of thioether (sulfide) groups is 1. The van der Waals surface area contributed by atoms with Crippen LogP contribution in [0.4, 0.5) is 0 Å². The van der Waals surface area contributed by atoms with Crippen LogP contribution in [0.5, 0.6) is 0 Å². The Morgan fingerprint density at radius 1 is 0.968 bits per heavy atom. The predicted octanol–water partition coefficient (Wildman–Crippen LogP) is 3.25. The van der Waals surface area contributed by atoms with Gasteiger partial charge in [0.1, 0.15) is 5.82 Å². The molecule has 31 heavy (non-hydrogen) atoms. The Morgan fingerprint density at radius 2 is 1.61 bits per heavy atom. The minimum atomic E-state index is -0.285. The first-order valence-electron chi connectivity index (χ1n) is 10.1. The molecule has 0 atom stereocenters. The number of aromatic nitrogens is 3. The zero-order valence-corrected chi connectivity index (χ0v) is 18.8. The average Bonchev–Trinajstić information content (AvgIpc) is 3.15. The molecule has 3 rings (SSSR count). The summed E-state index contributed by atoms with van der Waals surface area (Å²) in [5.41, 5.74) is 1.25. The molecule has 0 unspecified atom stereocenters. The number of hydrogen-bond donors (Lipinski definition) is 2. The van der Waals surface area contributed by atoms with Gasteiger partial charge in [-0.3, -0.25) is 14.2 Å². The van der Waals surface area contributed by atoms with Crippen LogP contribution in [0, 0.1) is 0 Å². The number of para-hydroxylation sites is 1. The third-order valence-corrected chi connectivity index (χ3v) is 5.16. The number of nitrogens with one attached hydrogen (secondary N) is 2. The largest absolute Gasteiger partial charge is 0.352 e. The van der Waals surface area contributed by atoms with E-state index < -0.39 is 0 Å². The van der Waals surface area contributed by atoms with Crippen LogP contribution < -0.4 is 10.6 Å². The second kappa shape index (κ2) is 10.3. The van der Waals surface area contributed by atoms with Gasteiger partial charge in [-0.25, -0.2) is 0 Å². The molecule has 7 nitrogen and oxygen atoms in total. The first-order valence-corrected chi connectivity index (χ1v) is 11.1. The summed E-state index contributed by atoms with van der Waals surface area (Å²) >= 11 is 1.34.